The zero-order chi connectivity index (χ0) is 14.4. The minimum absolute atomic E-state index is 0.0767. The molecule has 4 nitrogen and oxygen atoms in total. The molecule has 1 aromatic rings. The number of hydrogen-bond donors (Lipinski definition) is 2. The summed E-state index contributed by atoms with van der Waals surface area (Å²) in [5.74, 6) is 0.552. The number of amides is 1. The average molecular weight is 275 g/mol. The molecule has 20 heavy (non-hydrogen) atoms. The zero-order valence-corrected chi connectivity index (χ0v) is 12.5. The maximum absolute atomic E-state index is 12.1. The molecule has 1 heterocycles. The predicted octanol–water partition coefficient (Wildman–Crippen LogP) is 2.04. The highest BCUT2D eigenvalue weighted by atomic mass is 16.2. The molecule has 1 saturated heterocycles. The van der Waals surface area contributed by atoms with Crippen molar-refractivity contribution < 1.29 is 4.79 Å². The van der Waals surface area contributed by atoms with Crippen LogP contribution in [0.3, 0.4) is 0 Å². The fraction of sp³-hybridized carbons (Fsp3) is 0.562. The van der Waals surface area contributed by atoms with Crippen LogP contribution in [0, 0.1) is 0 Å². The quantitative estimate of drug-likeness (QED) is 0.884. The molecule has 0 radical (unpaired) electrons. The van der Waals surface area contributed by atoms with Crippen LogP contribution in [-0.2, 0) is 4.79 Å². The highest BCUT2D eigenvalue weighted by molar-refractivity contribution is 5.92. The molecule has 1 aromatic carbocycles. The Morgan fingerprint density at radius 1 is 1.35 bits per heavy atom. The molecule has 2 N–H and O–H groups in total. The van der Waals surface area contributed by atoms with E-state index in [9.17, 15) is 4.79 Å². The summed E-state index contributed by atoms with van der Waals surface area (Å²) in [5, 5.41) is 6.35. The fourth-order valence-electron chi connectivity index (χ4n) is 2.44. The predicted molar refractivity (Wildman–Crippen MR) is 83.1 cm³/mol. The Balaban J connectivity index is 1.88. The lowest BCUT2D eigenvalue weighted by Gasteiger charge is -2.19. The van der Waals surface area contributed by atoms with E-state index in [2.05, 4.69) is 41.5 Å². The fourth-order valence-corrected chi connectivity index (χ4v) is 2.44. The van der Waals surface area contributed by atoms with E-state index in [0.29, 0.717) is 12.5 Å². The molecule has 1 fully saturated rings. The van der Waals surface area contributed by atoms with Gasteiger partial charge in [-0.05, 0) is 43.1 Å². The molecule has 0 aromatic heterocycles. The Kier molecular flexibility index (Phi) is 5.56. The number of nitrogens with one attached hydrogen (secondary N) is 2. The summed E-state index contributed by atoms with van der Waals surface area (Å²) >= 11 is 0. The first-order valence-corrected chi connectivity index (χ1v) is 7.48. The van der Waals surface area contributed by atoms with E-state index in [4.69, 9.17) is 0 Å². The number of anilines is 1. The minimum Gasteiger partial charge on any atom is -0.325 e. The van der Waals surface area contributed by atoms with Crippen LogP contribution in [0.15, 0.2) is 24.3 Å². The molecule has 0 unspecified atom stereocenters. The largest absolute Gasteiger partial charge is 0.325 e. The van der Waals surface area contributed by atoms with Crippen LogP contribution in [0.5, 0.6) is 0 Å². The number of benzene rings is 1. The first-order valence-electron chi connectivity index (χ1n) is 7.48. The van der Waals surface area contributed by atoms with E-state index in [0.717, 1.165) is 38.3 Å². The van der Waals surface area contributed by atoms with Crippen molar-refractivity contribution in [3.05, 3.63) is 29.8 Å². The zero-order valence-electron chi connectivity index (χ0n) is 12.5. The molecule has 1 aliphatic rings. The van der Waals surface area contributed by atoms with Gasteiger partial charge in [-0.1, -0.05) is 26.0 Å². The molecule has 4 heteroatoms. The van der Waals surface area contributed by atoms with E-state index < -0.39 is 0 Å². The van der Waals surface area contributed by atoms with Gasteiger partial charge in [0.25, 0.3) is 0 Å². The standard InChI is InChI=1S/C16H25N3O/c1-13(2)14-5-3-6-15(11-14)18-16(20)12-19-9-4-7-17-8-10-19/h3,5-6,11,13,17H,4,7-10,12H2,1-2H3,(H,18,20). The molecule has 1 amide bonds. The lowest BCUT2D eigenvalue weighted by atomic mass is 10.0. The van der Waals surface area contributed by atoms with Gasteiger partial charge in [-0.25, -0.2) is 0 Å². The lowest BCUT2D eigenvalue weighted by molar-refractivity contribution is -0.117. The van der Waals surface area contributed by atoms with Gasteiger partial charge in [0, 0.05) is 18.8 Å². The van der Waals surface area contributed by atoms with Crippen LogP contribution in [0.4, 0.5) is 5.69 Å². The Morgan fingerprint density at radius 2 is 2.20 bits per heavy atom. The highest BCUT2D eigenvalue weighted by Gasteiger charge is 2.13. The van der Waals surface area contributed by atoms with Crippen LogP contribution < -0.4 is 10.6 Å². The molecule has 0 saturated carbocycles. The Labute approximate surface area is 121 Å². The third kappa shape index (κ3) is 4.62. The van der Waals surface area contributed by atoms with Crippen molar-refractivity contribution in [1.29, 1.82) is 0 Å². The van der Waals surface area contributed by atoms with E-state index in [1.165, 1.54) is 5.56 Å². The number of rotatable bonds is 4. The van der Waals surface area contributed by atoms with E-state index >= 15 is 0 Å². The van der Waals surface area contributed by atoms with Gasteiger partial charge in [0.2, 0.25) is 5.91 Å². The van der Waals surface area contributed by atoms with Crippen LogP contribution in [0.2, 0.25) is 0 Å². The summed E-state index contributed by atoms with van der Waals surface area (Å²) in [7, 11) is 0. The molecular formula is C16H25N3O. The van der Waals surface area contributed by atoms with Gasteiger partial charge in [0.15, 0.2) is 0 Å². The average Bonchev–Trinajstić information content (AvgIpc) is 2.67. The topological polar surface area (TPSA) is 44.4 Å². The van der Waals surface area contributed by atoms with Crippen molar-refractivity contribution in [3.63, 3.8) is 0 Å². The van der Waals surface area contributed by atoms with Crippen molar-refractivity contribution in [2.75, 3.05) is 38.0 Å². The third-order valence-corrected chi connectivity index (χ3v) is 3.64. The lowest BCUT2D eigenvalue weighted by Crippen LogP contribution is -2.35. The number of carbonyl (C=O) groups is 1. The van der Waals surface area contributed by atoms with Crippen molar-refractivity contribution in [2.24, 2.45) is 0 Å². The van der Waals surface area contributed by atoms with Gasteiger partial charge >= 0.3 is 0 Å². The number of carbonyl (C=O) groups excluding carboxylic acids is 1. The summed E-state index contributed by atoms with van der Waals surface area (Å²) in [6, 6.07) is 8.11. The second-order valence-electron chi connectivity index (χ2n) is 5.71. The molecule has 1 aliphatic heterocycles. The monoisotopic (exact) mass is 275 g/mol. The van der Waals surface area contributed by atoms with E-state index in [-0.39, 0.29) is 5.91 Å². The molecule has 110 valence electrons. The van der Waals surface area contributed by atoms with Crippen molar-refractivity contribution in [3.8, 4) is 0 Å². The maximum Gasteiger partial charge on any atom is 0.238 e. The van der Waals surface area contributed by atoms with Gasteiger partial charge in [-0.15, -0.1) is 0 Å². The van der Waals surface area contributed by atoms with Crippen molar-refractivity contribution in [2.45, 2.75) is 26.2 Å². The summed E-state index contributed by atoms with van der Waals surface area (Å²) in [6.07, 6.45) is 1.11. The summed E-state index contributed by atoms with van der Waals surface area (Å²) in [4.78, 5) is 14.3. The van der Waals surface area contributed by atoms with Crippen molar-refractivity contribution >= 4 is 11.6 Å². The van der Waals surface area contributed by atoms with Gasteiger partial charge < -0.3 is 10.6 Å². The maximum atomic E-state index is 12.1. The summed E-state index contributed by atoms with van der Waals surface area (Å²) in [6.45, 7) is 8.75. The molecule has 0 atom stereocenters. The molecular weight excluding hydrogens is 250 g/mol. The van der Waals surface area contributed by atoms with Gasteiger partial charge in [0.1, 0.15) is 0 Å². The molecule has 0 bridgehead atoms. The van der Waals surface area contributed by atoms with Crippen LogP contribution in [0.25, 0.3) is 0 Å². The number of nitrogens with zero attached hydrogens (tertiary/aromatic N) is 1. The van der Waals surface area contributed by atoms with Crippen LogP contribution in [0.1, 0.15) is 31.7 Å². The first kappa shape index (κ1) is 15.0. The van der Waals surface area contributed by atoms with Crippen molar-refractivity contribution in [1.82, 2.24) is 10.2 Å². The van der Waals surface area contributed by atoms with E-state index in [1.54, 1.807) is 0 Å². The smallest absolute Gasteiger partial charge is 0.238 e. The normalized spacial score (nSPS) is 16.9. The second-order valence-corrected chi connectivity index (χ2v) is 5.71. The molecule has 0 spiro atoms. The molecule has 0 aliphatic carbocycles. The summed E-state index contributed by atoms with van der Waals surface area (Å²) in [5.41, 5.74) is 2.15. The minimum atomic E-state index is 0.0767. The number of hydrogen-bond acceptors (Lipinski definition) is 3. The highest BCUT2D eigenvalue weighted by Crippen LogP contribution is 2.18. The van der Waals surface area contributed by atoms with E-state index in [1.807, 2.05) is 12.1 Å². The summed E-state index contributed by atoms with van der Waals surface area (Å²) < 4.78 is 0. The third-order valence-electron chi connectivity index (χ3n) is 3.64. The Hall–Kier alpha value is -1.39. The van der Waals surface area contributed by atoms with Gasteiger partial charge in [-0.3, -0.25) is 9.69 Å². The van der Waals surface area contributed by atoms with Gasteiger partial charge in [0.05, 0.1) is 6.54 Å². The molecule has 2 rings (SSSR count). The first-order chi connectivity index (χ1) is 9.65. The SMILES string of the molecule is CC(C)c1cccc(NC(=O)CN2CCCNCC2)c1. The Morgan fingerprint density at radius 3 is 3.00 bits per heavy atom. The van der Waals surface area contributed by atoms with Crippen LogP contribution >= 0.6 is 0 Å². The Bertz CT molecular complexity index is 437. The van der Waals surface area contributed by atoms with Gasteiger partial charge in [-0.2, -0.15) is 0 Å². The van der Waals surface area contributed by atoms with Crippen LogP contribution in [-0.4, -0.2) is 43.5 Å². The second kappa shape index (κ2) is 7.41.